The number of nitrogens with zero attached hydrogens (tertiary/aromatic N) is 4. The zero-order chi connectivity index (χ0) is 37.3. The number of halogens is 6. The average Bonchev–Trinajstić information content (AvgIpc) is 3.21. The van der Waals surface area contributed by atoms with Gasteiger partial charge in [-0.2, -0.15) is 0 Å². The topological polar surface area (TPSA) is 143 Å². The van der Waals surface area contributed by atoms with Crippen molar-refractivity contribution in [1.29, 1.82) is 0 Å². The number of rotatable bonds is 7. The van der Waals surface area contributed by atoms with Gasteiger partial charge in [0.05, 0.1) is 22.8 Å². The van der Waals surface area contributed by atoms with Crippen molar-refractivity contribution < 1.29 is 11.0 Å². The molecule has 3 aromatic carbocycles. The Labute approximate surface area is 439 Å². The summed E-state index contributed by atoms with van der Waals surface area (Å²) in [5.74, 6) is 0.186. The van der Waals surface area contributed by atoms with Crippen LogP contribution in [0, 0.1) is 0 Å². The minimum Gasteiger partial charge on any atom is -0.412 e. The van der Waals surface area contributed by atoms with Gasteiger partial charge in [0.1, 0.15) is 0 Å². The van der Waals surface area contributed by atoms with Crippen LogP contribution in [-0.4, -0.2) is 83.1 Å². The Balaban J connectivity index is 0. The average molecular weight is 1260 g/mol. The van der Waals surface area contributed by atoms with E-state index in [1.165, 1.54) is 27.8 Å². The van der Waals surface area contributed by atoms with E-state index < -0.39 is 0 Å². The SMILES string of the molecule is Br.Br.Br.Br.Br.Br.O.O.c1ccc(C(c2ccc(CN3CCCNCc4cccc(n4)CNCCC3)cc2)c2ccc(CN3CCCNCc4cccc(n4)CNCCC3)cc2)cc1. The molecule has 16 heteroatoms. The molecule has 4 heterocycles. The molecule has 4 bridgehead atoms. The maximum atomic E-state index is 4.79. The largest absolute Gasteiger partial charge is 0.412 e. The first-order valence-corrected chi connectivity index (χ1v) is 20.6. The molecule has 2 aromatic heterocycles. The zero-order valence-corrected chi connectivity index (χ0v) is 46.3. The summed E-state index contributed by atoms with van der Waals surface area (Å²) < 4.78 is 0. The molecule has 0 saturated heterocycles. The summed E-state index contributed by atoms with van der Waals surface area (Å²) in [4.78, 5) is 14.8. The minimum absolute atomic E-state index is 0. The van der Waals surface area contributed by atoms with Gasteiger partial charge in [0.25, 0.3) is 0 Å². The Hall–Kier alpha value is -1.48. The first kappa shape index (κ1) is 63.6. The van der Waals surface area contributed by atoms with Crippen molar-refractivity contribution in [2.24, 2.45) is 0 Å². The van der Waals surface area contributed by atoms with E-state index in [1.807, 2.05) is 0 Å². The third-order valence-electron chi connectivity index (χ3n) is 10.8. The molecular formula is C47H70Br6N8O2. The number of pyridine rings is 2. The Morgan fingerprint density at radius 2 is 0.683 bits per heavy atom. The molecule has 63 heavy (non-hydrogen) atoms. The van der Waals surface area contributed by atoms with Crippen LogP contribution in [0.3, 0.4) is 0 Å². The molecule has 0 fully saturated rings. The smallest absolute Gasteiger partial charge is 0.0545 e. The van der Waals surface area contributed by atoms with Gasteiger partial charge in [-0.3, -0.25) is 19.8 Å². The van der Waals surface area contributed by atoms with Crippen LogP contribution in [0.1, 0.15) is 82.2 Å². The highest BCUT2D eigenvalue weighted by Gasteiger charge is 2.18. The fourth-order valence-corrected chi connectivity index (χ4v) is 7.94. The number of benzene rings is 3. The lowest BCUT2D eigenvalue weighted by Crippen LogP contribution is -2.30. The third-order valence-corrected chi connectivity index (χ3v) is 10.8. The van der Waals surface area contributed by atoms with Crippen molar-refractivity contribution in [2.45, 2.75) is 70.9 Å². The van der Waals surface area contributed by atoms with Crippen LogP contribution in [0.25, 0.3) is 0 Å². The summed E-state index contributed by atoms with van der Waals surface area (Å²) >= 11 is 0. The number of aromatic nitrogens is 2. The summed E-state index contributed by atoms with van der Waals surface area (Å²) in [5.41, 5.74) is 11.2. The fraction of sp³-hybridized carbons (Fsp3) is 0.404. The molecule has 8 N–H and O–H groups in total. The Morgan fingerprint density at radius 3 is 1.00 bits per heavy atom. The number of hydrogen-bond acceptors (Lipinski definition) is 8. The molecule has 352 valence electrons. The molecule has 0 unspecified atom stereocenters. The standard InChI is InChI=1S/C47H60N8.6BrH.2H2O/c1-2-10-40(11-3-1)47(41-20-16-38(17-21-41)36-54-28-6-24-48-32-43-12-4-13-44(52-43)33-49-25-7-29-54)42-22-18-39(19-23-42)37-55-30-8-26-50-34-45-14-5-15-46(53-45)35-51-27-9-31-55;;;;;;;;/h1-5,10-23,47-51H,6-9,24-37H2;6*1H;2*1H2. The van der Waals surface area contributed by atoms with Gasteiger partial charge in [0.2, 0.25) is 0 Å². The Kier molecular flexibility index (Phi) is 36.0. The second-order valence-corrected chi connectivity index (χ2v) is 15.2. The summed E-state index contributed by atoms with van der Waals surface area (Å²) in [6, 6.07) is 42.6. The van der Waals surface area contributed by atoms with Crippen LogP contribution < -0.4 is 21.3 Å². The predicted octanol–water partition coefficient (Wildman–Crippen LogP) is 8.43. The lowest BCUT2D eigenvalue weighted by Gasteiger charge is -2.24. The van der Waals surface area contributed by atoms with Crippen LogP contribution >= 0.6 is 102 Å². The van der Waals surface area contributed by atoms with Gasteiger partial charge >= 0.3 is 0 Å². The van der Waals surface area contributed by atoms with Crippen molar-refractivity contribution >= 4 is 102 Å². The summed E-state index contributed by atoms with van der Waals surface area (Å²) in [6.07, 6.45) is 4.49. The molecule has 0 saturated carbocycles. The molecule has 5 aromatic rings. The van der Waals surface area contributed by atoms with E-state index in [2.05, 4.69) is 146 Å². The van der Waals surface area contributed by atoms with Gasteiger partial charge in [0.15, 0.2) is 0 Å². The molecule has 2 aliphatic rings. The van der Waals surface area contributed by atoms with E-state index in [9.17, 15) is 0 Å². The molecule has 0 atom stereocenters. The van der Waals surface area contributed by atoms with E-state index in [-0.39, 0.29) is 119 Å². The first-order chi connectivity index (χ1) is 27.2. The maximum Gasteiger partial charge on any atom is 0.0545 e. The highest BCUT2D eigenvalue weighted by molar-refractivity contribution is 8.93. The number of nitrogens with one attached hydrogen (secondary N) is 4. The summed E-state index contributed by atoms with van der Waals surface area (Å²) in [6.45, 7) is 13.6. The van der Waals surface area contributed by atoms with Crippen molar-refractivity contribution in [3.05, 3.63) is 166 Å². The predicted molar refractivity (Wildman–Crippen MR) is 294 cm³/mol. The molecule has 0 amide bonds. The maximum absolute atomic E-state index is 4.79. The van der Waals surface area contributed by atoms with E-state index in [4.69, 9.17) is 9.97 Å². The zero-order valence-electron chi connectivity index (χ0n) is 36.0. The number of fused-ring (bicyclic) bond motifs is 4. The van der Waals surface area contributed by atoms with Crippen LogP contribution in [-0.2, 0) is 39.3 Å². The highest BCUT2D eigenvalue weighted by Crippen LogP contribution is 2.32. The van der Waals surface area contributed by atoms with Crippen LogP contribution in [0.5, 0.6) is 0 Å². The van der Waals surface area contributed by atoms with E-state index in [1.54, 1.807) is 0 Å². The quantitative estimate of drug-likeness (QED) is 0.119. The van der Waals surface area contributed by atoms with Crippen LogP contribution in [0.15, 0.2) is 115 Å². The summed E-state index contributed by atoms with van der Waals surface area (Å²) in [7, 11) is 0. The van der Waals surface area contributed by atoms with Crippen LogP contribution in [0.4, 0.5) is 0 Å². The molecular weight excluding hydrogens is 1190 g/mol. The number of hydrogen-bond donors (Lipinski definition) is 4. The van der Waals surface area contributed by atoms with Gasteiger partial charge in [-0.1, -0.05) is 91.0 Å². The third kappa shape index (κ3) is 21.4. The molecule has 7 rings (SSSR count). The highest BCUT2D eigenvalue weighted by atomic mass is 79.9. The van der Waals surface area contributed by atoms with Gasteiger partial charge in [-0.25, -0.2) is 0 Å². The first-order valence-electron chi connectivity index (χ1n) is 20.6. The molecule has 10 nitrogen and oxygen atoms in total. The van der Waals surface area contributed by atoms with E-state index >= 15 is 0 Å². The lowest BCUT2D eigenvalue weighted by molar-refractivity contribution is 0.256. The van der Waals surface area contributed by atoms with Gasteiger partial charge in [-0.05, 0) is 130 Å². The second-order valence-electron chi connectivity index (χ2n) is 15.2. The van der Waals surface area contributed by atoms with Crippen molar-refractivity contribution in [3.8, 4) is 0 Å². The minimum atomic E-state index is 0. The monoisotopic (exact) mass is 1250 g/mol. The Morgan fingerprint density at radius 1 is 0.381 bits per heavy atom. The van der Waals surface area contributed by atoms with Crippen molar-refractivity contribution in [1.82, 2.24) is 41.0 Å². The van der Waals surface area contributed by atoms with E-state index in [0.717, 1.165) is 140 Å². The van der Waals surface area contributed by atoms with E-state index in [0.29, 0.717) is 0 Å². The molecule has 0 spiro atoms. The molecule has 0 radical (unpaired) electrons. The van der Waals surface area contributed by atoms with Crippen molar-refractivity contribution in [3.63, 3.8) is 0 Å². The summed E-state index contributed by atoms with van der Waals surface area (Å²) in [5, 5.41) is 14.4. The second kappa shape index (κ2) is 35.7. The van der Waals surface area contributed by atoms with Gasteiger partial charge in [0, 0.05) is 45.2 Å². The van der Waals surface area contributed by atoms with Crippen LogP contribution in [0.2, 0.25) is 0 Å². The van der Waals surface area contributed by atoms with Crippen molar-refractivity contribution in [2.75, 3.05) is 52.4 Å². The van der Waals surface area contributed by atoms with Gasteiger partial charge in [-0.15, -0.1) is 102 Å². The lowest BCUT2D eigenvalue weighted by atomic mass is 9.84. The fourth-order valence-electron chi connectivity index (χ4n) is 7.94. The normalized spacial score (nSPS) is 15.4. The molecule has 0 aliphatic carbocycles. The Bertz CT molecular complexity index is 1710. The van der Waals surface area contributed by atoms with Gasteiger partial charge < -0.3 is 32.2 Å². The molecule has 2 aliphatic heterocycles.